The third kappa shape index (κ3) is 5.59. The zero-order valence-electron chi connectivity index (χ0n) is 24.1. The molecule has 3 fully saturated rings. The molecule has 4 amide bonds. The number of amides is 4. The van der Waals surface area contributed by atoms with Gasteiger partial charge >= 0.3 is 12.2 Å². The molecule has 3 aromatic rings. The first-order chi connectivity index (χ1) is 20.9. The Bertz CT molecular complexity index is 1490. The predicted molar refractivity (Wildman–Crippen MR) is 155 cm³/mol. The average Bonchev–Trinajstić information content (AvgIpc) is 3.74. The lowest BCUT2D eigenvalue weighted by Gasteiger charge is -2.49. The van der Waals surface area contributed by atoms with E-state index in [0.29, 0.717) is 18.7 Å². The quantitative estimate of drug-likeness (QED) is 0.368. The van der Waals surface area contributed by atoms with Crippen LogP contribution in [-0.4, -0.2) is 87.9 Å². The number of imide groups is 1. The summed E-state index contributed by atoms with van der Waals surface area (Å²) in [6, 6.07) is 18.6. The van der Waals surface area contributed by atoms with Crippen LogP contribution in [0.2, 0.25) is 0 Å². The highest BCUT2D eigenvalue weighted by Gasteiger charge is 2.61. The Morgan fingerprint density at radius 2 is 1.70 bits per heavy atom. The number of nitrogens with zero attached hydrogens (tertiary/aromatic N) is 5. The van der Waals surface area contributed by atoms with Crippen molar-refractivity contribution in [3.63, 3.8) is 0 Å². The number of hydrogen-bond donors (Lipinski definition) is 0. The number of carbonyl (C=O) groups excluding carboxylic acids is 4. The zero-order chi connectivity index (χ0) is 30.0. The standard InChI is InChI=1S/C32H35N5O6/c1-2-3-14-42-30(40)35-21-32(22-35)20-34(28(38)25-15-33-36(17-25)16-23-10-6-4-7-11-23)18-26(32)29(39)37-27(19-43-31(37)41)24-12-8-5-9-13-24/h4-13,15,17,26-27H,2-3,14,16,18-22H2,1H3/t26-,27-/m0/s1. The average molecular weight is 586 g/mol. The summed E-state index contributed by atoms with van der Waals surface area (Å²) in [6.07, 6.45) is 3.79. The van der Waals surface area contributed by atoms with Crippen LogP contribution >= 0.6 is 0 Å². The van der Waals surface area contributed by atoms with Gasteiger partial charge in [0, 0.05) is 37.8 Å². The van der Waals surface area contributed by atoms with E-state index in [0.717, 1.165) is 24.0 Å². The lowest BCUT2D eigenvalue weighted by Crippen LogP contribution is -2.64. The molecule has 1 aromatic heterocycles. The summed E-state index contributed by atoms with van der Waals surface area (Å²) in [5.74, 6) is -1.35. The Morgan fingerprint density at radius 1 is 1.00 bits per heavy atom. The molecule has 3 aliphatic heterocycles. The van der Waals surface area contributed by atoms with Crippen LogP contribution in [0.15, 0.2) is 73.1 Å². The number of benzene rings is 2. The maximum atomic E-state index is 14.2. The van der Waals surface area contributed by atoms with Crippen LogP contribution in [0.3, 0.4) is 0 Å². The molecule has 0 N–H and O–H groups in total. The molecule has 6 rings (SSSR count). The molecule has 0 bridgehead atoms. The summed E-state index contributed by atoms with van der Waals surface area (Å²) in [5, 5.41) is 4.38. The van der Waals surface area contributed by atoms with E-state index in [9.17, 15) is 19.2 Å². The summed E-state index contributed by atoms with van der Waals surface area (Å²) in [6.45, 7) is 3.82. The minimum absolute atomic E-state index is 0.0629. The maximum Gasteiger partial charge on any atom is 0.417 e. The molecule has 43 heavy (non-hydrogen) atoms. The largest absolute Gasteiger partial charge is 0.449 e. The van der Waals surface area contributed by atoms with Crippen LogP contribution in [0, 0.1) is 11.3 Å². The molecule has 0 radical (unpaired) electrons. The van der Waals surface area contributed by atoms with Crippen LogP contribution in [0.4, 0.5) is 9.59 Å². The zero-order valence-corrected chi connectivity index (χ0v) is 24.1. The molecule has 0 unspecified atom stereocenters. The molecule has 3 saturated heterocycles. The Kier molecular flexibility index (Phi) is 7.88. The van der Waals surface area contributed by atoms with Crippen molar-refractivity contribution < 1.29 is 28.7 Å². The predicted octanol–water partition coefficient (Wildman–Crippen LogP) is 3.96. The number of likely N-dealkylation sites (tertiary alicyclic amines) is 2. The molecular weight excluding hydrogens is 550 g/mol. The highest BCUT2D eigenvalue weighted by Crippen LogP contribution is 2.46. The lowest BCUT2D eigenvalue weighted by molar-refractivity contribution is -0.140. The highest BCUT2D eigenvalue weighted by molar-refractivity contribution is 5.98. The van der Waals surface area contributed by atoms with Gasteiger partial charge in [0.05, 0.1) is 30.8 Å². The van der Waals surface area contributed by atoms with Gasteiger partial charge in [0.2, 0.25) is 5.91 Å². The van der Waals surface area contributed by atoms with Gasteiger partial charge in [-0.05, 0) is 17.5 Å². The molecule has 2 aromatic carbocycles. The number of rotatable bonds is 8. The van der Waals surface area contributed by atoms with Gasteiger partial charge in [-0.1, -0.05) is 74.0 Å². The topological polar surface area (TPSA) is 114 Å². The van der Waals surface area contributed by atoms with Gasteiger partial charge < -0.3 is 19.3 Å². The number of hydrogen-bond acceptors (Lipinski definition) is 7. The summed E-state index contributed by atoms with van der Waals surface area (Å²) in [4.78, 5) is 57.9. The van der Waals surface area contributed by atoms with E-state index in [-0.39, 0.29) is 38.7 Å². The van der Waals surface area contributed by atoms with Crippen LogP contribution in [0.1, 0.15) is 47.3 Å². The van der Waals surface area contributed by atoms with E-state index in [1.165, 1.54) is 11.1 Å². The second kappa shape index (κ2) is 11.9. The molecule has 0 saturated carbocycles. The Hall–Kier alpha value is -4.67. The first-order valence-electron chi connectivity index (χ1n) is 14.7. The normalized spacial score (nSPS) is 20.7. The summed E-state index contributed by atoms with van der Waals surface area (Å²) >= 11 is 0. The molecule has 2 atom stereocenters. The van der Waals surface area contributed by atoms with Gasteiger partial charge in [0.15, 0.2) is 0 Å². The van der Waals surface area contributed by atoms with E-state index in [1.54, 1.807) is 20.7 Å². The third-order valence-corrected chi connectivity index (χ3v) is 8.59. The van der Waals surface area contributed by atoms with Crippen LogP contribution in [0.25, 0.3) is 0 Å². The maximum absolute atomic E-state index is 14.2. The fourth-order valence-electron chi connectivity index (χ4n) is 6.29. The van der Waals surface area contributed by atoms with E-state index >= 15 is 0 Å². The Labute approximate surface area is 249 Å². The second-order valence-corrected chi connectivity index (χ2v) is 11.5. The first-order valence-corrected chi connectivity index (χ1v) is 14.7. The Balaban J connectivity index is 1.22. The van der Waals surface area contributed by atoms with Crippen molar-refractivity contribution in [3.05, 3.63) is 89.7 Å². The van der Waals surface area contributed by atoms with Crippen molar-refractivity contribution in [2.45, 2.75) is 32.4 Å². The van der Waals surface area contributed by atoms with Crippen LogP contribution < -0.4 is 0 Å². The number of unbranched alkanes of at least 4 members (excludes halogenated alkanes) is 1. The van der Waals surface area contributed by atoms with Gasteiger partial charge in [0.25, 0.3) is 5.91 Å². The molecular formula is C32H35N5O6. The molecule has 3 aliphatic rings. The minimum Gasteiger partial charge on any atom is -0.449 e. The van der Waals surface area contributed by atoms with Crippen molar-refractivity contribution in [1.82, 2.24) is 24.5 Å². The molecule has 11 heteroatoms. The van der Waals surface area contributed by atoms with Crippen molar-refractivity contribution >= 4 is 24.0 Å². The van der Waals surface area contributed by atoms with Crippen molar-refractivity contribution in [1.29, 1.82) is 0 Å². The van der Waals surface area contributed by atoms with Crippen LogP contribution in [-0.2, 0) is 20.8 Å². The smallest absolute Gasteiger partial charge is 0.417 e. The van der Waals surface area contributed by atoms with Gasteiger partial charge in [-0.2, -0.15) is 5.10 Å². The minimum atomic E-state index is -0.708. The SMILES string of the molecule is CCCCOC(=O)N1CC2(C1)CN(C(=O)c1cnn(Cc3ccccc3)c1)C[C@H]2C(=O)N1C(=O)OC[C@H]1c1ccccc1. The summed E-state index contributed by atoms with van der Waals surface area (Å²) < 4.78 is 12.4. The lowest BCUT2D eigenvalue weighted by atomic mass is 9.71. The van der Waals surface area contributed by atoms with E-state index in [4.69, 9.17) is 9.47 Å². The van der Waals surface area contributed by atoms with Crippen LogP contribution in [0.5, 0.6) is 0 Å². The first kappa shape index (κ1) is 28.4. The molecule has 0 aliphatic carbocycles. The van der Waals surface area contributed by atoms with Gasteiger partial charge in [-0.25, -0.2) is 14.5 Å². The Morgan fingerprint density at radius 3 is 2.42 bits per heavy atom. The molecule has 4 heterocycles. The second-order valence-electron chi connectivity index (χ2n) is 11.5. The number of aromatic nitrogens is 2. The summed E-state index contributed by atoms with van der Waals surface area (Å²) in [5.41, 5.74) is 1.56. The molecule has 1 spiro atoms. The summed E-state index contributed by atoms with van der Waals surface area (Å²) in [7, 11) is 0. The number of cyclic esters (lactones) is 1. The van der Waals surface area contributed by atoms with Gasteiger partial charge in [0.1, 0.15) is 12.6 Å². The van der Waals surface area contributed by atoms with Gasteiger partial charge in [-0.15, -0.1) is 0 Å². The van der Waals surface area contributed by atoms with E-state index in [2.05, 4.69) is 5.10 Å². The molecule has 11 nitrogen and oxygen atoms in total. The van der Waals surface area contributed by atoms with Crippen molar-refractivity contribution in [2.75, 3.05) is 39.4 Å². The molecule has 224 valence electrons. The number of ether oxygens (including phenoxy) is 2. The fourth-order valence-corrected chi connectivity index (χ4v) is 6.29. The van der Waals surface area contributed by atoms with E-state index < -0.39 is 35.5 Å². The van der Waals surface area contributed by atoms with Gasteiger partial charge in [-0.3, -0.25) is 14.3 Å². The highest BCUT2D eigenvalue weighted by atomic mass is 16.6. The van der Waals surface area contributed by atoms with Crippen molar-refractivity contribution in [2.24, 2.45) is 11.3 Å². The third-order valence-electron chi connectivity index (χ3n) is 8.59. The fraction of sp³-hybridized carbons (Fsp3) is 0.406. The van der Waals surface area contributed by atoms with Crippen molar-refractivity contribution in [3.8, 4) is 0 Å². The van der Waals surface area contributed by atoms with E-state index in [1.807, 2.05) is 67.6 Å². The monoisotopic (exact) mass is 585 g/mol. The number of carbonyl (C=O) groups is 4.